The first kappa shape index (κ1) is 20.4. The van der Waals surface area contributed by atoms with E-state index in [9.17, 15) is 9.90 Å². The Kier molecular flexibility index (Phi) is 6.03. The summed E-state index contributed by atoms with van der Waals surface area (Å²) in [7, 11) is 0. The number of carboxylic acids is 1. The molecule has 4 rings (SSSR count). The third-order valence-corrected chi connectivity index (χ3v) is 6.85. The molecule has 0 spiro atoms. The highest BCUT2D eigenvalue weighted by atomic mass is 32.1. The number of hydrogen-bond acceptors (Lipinski definition) is 4. The van der Waals surface area contributed by atoms with Crippen molar-refractivity contribution in [1.29, 1.82) is 0 Å². The van der Waals surface area contributed by atoms with Crippen LogP contribution >= 0.6 is 11.3 Å². The van der Waals surface area contributed by atoms with Gasteiger partial charge in [0.25, 0.3) is 0 Å². The van der Waals surface area contributed by atoms with Crippen LogP contribution < -0.4 is 4.90 Å². The van der Waals surface area contributed by atoms with Crippen molar-refractivity contribution in [3.8, 4) is 0 Å². The zero-order chi connectivity index (χ0) is 21.1. The van der Waals surface area contributed by atoms with Gasteiger partial charge in [0.2, 0.25) is 5.69 Å². The summed E-state index contributed by atoms with van der Waals surface area (Å²) in [6.45, 7) is 12.5. The van der Waals surface area contributed by atoms with Crippen LogP contribution in [0, 0.1) is 6.57 Å². The van der Waals surface area contributed by atoms with E-state index in [0.717, 1.165) is 34.2 Å². The Balaban J connectivity index is 1.88. The third kappa shape index (κ3) is 3.79. The molecule has 1 fully saturated rings. The monoisotopic (exact) mass is 420 g/mol. The lowest BCUT2D eigenvalue weighted by atomic mass is 9.85. The molecule has 0 bridgehead atoms. The van der Waals surface area contributed by atoms with Crippen LogP contribution in [0.5, 0.6) is 0 Å². The van der Waals surface area contributed by atoms with Gasteiger partial charge in [-0.3, -0.25) is 0 Å². The fourth-order valence-electron chi connectivity index (χ4n) is 4.18. The van der Waals surface area contributed by atoms with E-state index in [2.05, 4.69) is 47.0 Å². The quantitative estimate of drug-likeness (QED) is 0.503. The van der Waals surface area contributed by atoms with Gasteiger partial charge in [-0.2, -0.15) is 0 Å². The number of ether oxygens (including phenoxy) is 1. The molecule has 2 heterocycles. The average Bonchev–Trinajstić information content (AvgIpc) is 3.17. The second-order valence-electron chi connectivity index (χ2n) is 7.46. The van der Waals surface area contributed by atoms with Gasteiger partial charge in [-0.05, 0) is 28.3 Å². The smallest absolute Gasteiger partial charge is 0.344 e. The molecular formula is C24H24N2O3S. The molecule has 0 saturated carbocycles. The molecule has 0 aliphatic carbocycles. The lowest BCUT2D eigenvalue weighted by molar-refractivity contribution is 0.0701. The summed E-state index contributed by atoms with van der Waals surface area (Å²) in [6.07, 6.45) is 1.69. The first-order chi connectivity index (χ1) is 14.6. The van der Waals surface area contributed by atoms with E-state index in [1.165, 1.54) is 11.3 Å². The predicted octanol–water partition coefficient (Wildman–Crippen LogP) is 5.92. The van der Waals surface area contributed by atoms with Crippen LogP contribution in [-0.2, 0) is 4.74 Å². The Bertz CT molecular complexity index is 1110. The maximum Gasteiger partial charge on any atom is 0.344 e. The minimum atomic E-state index is -0.957. The molecule has 1 unspecified atom stereocenters. The van der Waals surface area contributed by atoms with E-state index in [0.29, 0.717) is 37.6 Å². The molecule has 0 amide bonds. The molecule has 5 nitrogen and oxygen atoms in total. The number of nitrogens with zero attached hydrogens (tertiary/aromatic N) is 2. The Morgan fingerprint density at radius 3 is 2.63 bits per heavy atom. The third-order valence-electron chi connectivity index (χ3n) is 5.61. The van der Waals surface area contributed by atoms with Gasteiger partial charge >= 0.3 is 5.97 Å². The average molecular weight is 421 g/mol. The summed E-state index contributed by atoms with van der Waals surface area (Å²) >= 11 is 1.23. The topological polar surface area (TPSA) is 54.1 Å². The number of aromatic carboxylic acids is 1. The minimum absolute atomic E-state index is 0.124. The van der Waals surface area contributed by atoms with Gasteiger partial charge in [0.05, 0.1) is 24.8 Å². The first-order valence-corrected chi connectivity index (χ1v) is 11.0. The normalized spacial score (nSPS) is 15.1. The standard InChI is InChI=1S/C24H24N2O3S/c1-3-6-19(18-10-9-16-7-4-5-8-17(16)15-18)20-21(25-2)23(30-22(20)24(27)28)26-11-13-29-14-12-26/h4-5,7-10,15,19H,3,6,11-14H2,1H3,(H,27,28). The molecule has 154 valence electrons. The largest absolute Gasteiger partial charge is 0.477 e. The van der Waals surface area contributed by atoms with Crippen molar-refractivity contribution in [2.75, 3.05) is 31.2 Å². The summed E-state index contributed by atoms with van der Waals surface area (Å²) in [5.74, 6) is -1.08. The van der Waals surface area contributed by atoms with E-state index in [1.807, 2.05) is 12.1 Å². The van der Waals surface area contributed by atoms with Crippen molar-refractivity contribution in [2.45, 2.75) is 25.7 Å². The number of anilines is 1. The van der Waals surface area contributed by atoms with Gasteiger partial charge in [-0.15, -0.1) is 11.3 Å². The Morgan fingerprint density at radius 2 is 1.97 bits per heavy atom. The summed E-state index contributed by atoms with van der Waals surface area (Å²) in [4.78, 5) is 18.4. The molecule has 1 aliphatic rings. The fraction of sp³-hybridized carbons (Fsp3) is 0.333. The van der Waals surface area contributed by atoms with E-state index >= 15 is 0 Å². The maximum atomic E-state index is 12.2. The Morgan fingerprint density at radius 1 is 1.23 bits per heavy atom. The summed E-state index contributed by atoms with van der Waals surface area (Å²) in [5, 5.41) is 13.0. The van der Waals surface area contributed by atoms with E-state index in [-0.39, 0.29) is 10.8 Å². The summed E-state index contributed by atoms with van der Waals surface area (Å²) in [5.41, 5.74) is 2.22. The molecule has 3 aromatic rings. The Hall–Kier alpha value is -2.88. The second kappa shape index (κ2) is 8.86. The zero-order valence-electron chi connectivity index (χ0n) is 16.9. The van der Waals surface area contributed by atoms with Gasteiger partial charge in [-0.25, -0.2) is 9.64 Å². The van der Waals surface area contributed by atoms with Gasteiger partial charge in [0.15, 0.2) is 0 Å². The van der Waals surface area contributed by atoms with Crippen LogP contribution in [0.2, 0.25) is 0 Å². The molecule has 1 N–H and O–H groups in total. The molecule has 1 aromatic heterocycles. The van der Waals surface area contributed by atoms with E-state index in [1.54, 1.807) is 0 Å². The fourth-order valence-corrected chi connectivity index (χ4v) is 5.38. The lowest BCUT2D eigenvalue weighted by Crippen LogP contribution is -2.35. The number of carboxylic acid groups (broad SMARTS) is 1. The van der Waals surface area contributed by atoms with E-state index in [4.69, 9.17) is 11.3 Å². The van der Waals surface area contributed by atoms with Crippen molar-refractivity contribution >= 4 is 38.8 Å². The number of morpholine rings is 1. The van der Waals surface area contributed by atoms with Crippen molar-refractivity contribution < 1.29 is 14.6 Å². The predicted molar refractivity (Wildman–Crippen MR) is 121 cm³/mol. The highest BCUT2D eigenvalue weighted by Crippen LogP contribution is 2.49. The van der Waals surface area contributed by atoms with Crippen LogP contribution in [0.15, 0.2) is 42.5 Å². The second-order valence-corrected chi connectivity index (χ2v) is 8.46. The molecule has 0 radical (unpaired) electrons. The minimum Gasteiger partial charge on any atom is -0.477 e. The molecule has 2 aromatic carbocycles. The van der Waals surface area contributed by atoms with Crippen LogP contribution in [0.25, 0.3) is 15.6 Å². The van der Waals surface area contributed by atoms with Gasteiger partial charge in [0, 0.05) is 19.0 Å². The van der Waals surface area contributed by atoms with Crippen LogP contribution in [0.4, 0.5) is 10.7 Å². The molecular weight excluding hydrogens is 396 g/mol. The molecule has 1 saturated heterocycles. The van der Waals surface area contributed by atoms with Crippen molar-refractivity contribution in [3.63, 3.8) is 0 Å². The van der Waals surface area contributed by atoms with Crippen LogP contribution in [0.1, 0.15) is 46.5 Å². The lowest BCUT2D eigenvalue weighted by Gasteiger charge is -2.28. The highest BCUT2D eigenvalue weighted by molar-refractivity contribution is 7.18. The number of hydrogen-bond donors (Lipinski definition) is 1. The number of rotatable bonds is 6. The summed E-state index contributed by atoms with van der Waals surface area (Å²) in [6, 6.07) is 14.5. The van der Waals surface area contributed by atoms with Crippen LogP contribution in [0.3, 0.4) is 0 Å². The summed E-state index contributed by atoms with van der Waals surface area (Å²) < 4.78 is 5.44. The first-order valence-electron chi connectivity index (χ1n) is 10.2. The number of benzene rings is 2. The van der Waals surface area contributed by atoms with Crippen molar-refractivity contribution in [1.82, 2.24) is 0 Å². The van der Waals surface area contributed by atoms with Gasteiger partial charge in [-0.1, -0.05) is 55.8 Å². The van der Waals surface area contributed by atoms with E-state index < -0.39 is 5.97 Å². The Labute approximate surface area is 180 Å². The SMILES string of the molecule is [C-]#[N+]c1c(N2CCOCC2)sc(C(=O)O)c1C(CCC)c1ccc2ccccc2c1. The number of thiophene rings is 1. The molecule has 1 atom stereocenters. The highest BCUT2D eigenvalue weighted by Gasteiger charge is 2.31. The van der Waals surface area contributed by atoms with Crippen molar-refractivity contribution in [2.24, 2.45) is 0 Å². The molecule has 1 aliphatic heterocycles. The van der Waals surface area contributed by atoms with Crippen molar-refractivity contribution in [3.05, 3.63) is 69.9 Å². The zero-order valence-corrected chi connectivity index (χ0v) is 17.7. The molecule has 30 heavy (non-hydrogen) atoms. The maximum absolute atomic E-state index is 12.2. The van der Waals surface area contributed by atoms with Gasteiger partial charge < -0.3 is 14.7 Å². The molecule has 6 heteroatoms. The number of fused-ring (bicyclic) bond motifs is 1. The van der Waals surface area contributed by atoms with Gasteiger partial charge in [0.1, 0.15) is 4.88 Å². The number of carbonyl (C=O) groups is 1. The van der Waals surface area contributed by atoms with Crippen LogP contribution in [-0.4, -0.2) is 37.4 Å².